The van der Waals surface area contributed by atoms with E-state index in [1.54, 1.807) is 16.8 Å². The van der Waals surface area contributed by atoms with E-state index >= 15 is 0 Å². The van der Waals surface area contributed by atoms with Gasteiger partial charge in [-0.25, -0.2) is 9.07 Å². The van der Waals surface area contributed by atoms with Gasteiger partial charge >= 0.3 is 0 Å². The molecule has 0 amide bonds. The molecule has 3 N–H and O–H groups in total. The Balaban J connectivity index is 1.78. The lowest BCUT2D eigenvalue weighted by atomic mass is 9.92. The van der Waals surface area contributed by atoms with Crippen LogP contribution in [0.15, 0.2) is 42.5 Å². The number of anilines is 2. The summed E-state index contributed by atoms with van der Waals surface area (Å²) in [5.74, 6) is 0.305. The fraction of sp³-hybridized carbons (Fsp3) is 0.263. The number of fused-ring (bicyclic) bond motifs is 1. The second-order valence-electron chi connectivity index (χ2n) is 6.42. The van der Waals surface area contributed by atoms with Crippen LogP contribution in [0.3, 0.4) is 0 Å². The topological polar surface area (TPSA) is 68.8 Å². The normalized spacial score (nSPS) is 19.0. The van der Waals surface area contributed by atoms with Crippen LogP contribution in [-0.2, 0) is 6.42 Å². The fourth-order valence-corrected chi connectivity index (χ4v) is 3.76. The van der Waals surface area contributed by atoms with Crippen molar-refractivity contribution in [1.29, 1.82) is 0 Å². The third kappa shape index (κ3) is 2.90. The highest BCUT2D eigenvalue weighted by Gasteiger charge is 2.33. The van der Waals surface area contributed by atoms with Gasteiger partial charge in [-0.1, -0.05) is 48.9 Å². The van der Waals surface area contributed by atoms with Gasteiger partial charge < -0.3 is 11.1 Å². The molecule has 2 heterocycles. The minimum atomic E-state index is -0.388. The van der Waals surface area contributed by atoms with E-state index in [1.807, 2.05) is 0 Å². The van der Waals surface area contributed by atoms with Crippen LogP contribution in [0.1, 0.15) is 42.1 Å². The van der Waals surface area contributed by atoms with Crippen molar-refractivity contribution in [1.82, 2.24) is 14.8 Å². The van der Waals surface area contributed by atoms with Crippen molar-refractivity contribution >= 4 is 23.5 Å². The molecule has 0 unspecified atom stereocenters. The maximum absolute atomic E-state index is 14.6. The average Bonchev–Trinajstić information content (AvgIpc) is 3.02. The molecule has 0 bridgehead atoms. The zero-order valence-electron chi connectivity index (χ0n) is 14.3. The van der Waals surface area contributed by atoms with Gasteiger partial charge in [0.1, 0.15) is 5.82 Å². The standard InChI is InChI=1S/C19H19ClFN5/c1-2-11-6-8-12(9-7-11)15-10-16(17-13(20)4-3-5-14(17)21)26-19(23-15)24-18(22)25-26/h3-9,15-16H,2,10H2,1H3,(H3,22,23,24,25)/t15-,16-/m0/s1. The van der Waals surface area contributed by atoms with Crippen LogP contribution in [0, 0.1) is 5.82 Å². The fourth-order valence-electron chi connectivity index (χ4n) is 3.47. The second kappa shape index (κ2) is 6.61. The zero-order chi connectivity index (χ0) is 18.3. The molecule has 2 aromatic carbocycles. The van der Waals surface area contributed by atoms with E-state index in [2.05, 4.69) is 46.6 Å². The molecule has 1 aliphatic heterocycles. The number of hydrogen-bond acceptors (Lipinski definition) is 4. The van der Waals surface area contributed by atoms with E-state index < -0.39 is 0 Å². The van der Waals surface area contributed by atoms with Crippen LogP contribution >= 0.6 is 11.6 Å². The van der Waals surface area contributed by atoms with Gasteiger partial charge in [-0.15, -0.1) is 5.10 Å². The molecule has 1 aliphatic rings. The van der Waals surface area contributed by atoms with Gasteiger partial charge in [0.25, 0.3) is 0 Å². The number of halogens is 2. The largest absolute Gasteiger partial charge is 0.366 e. The maximum atomic E-state index is 14.6. The summed E-state index contributed by atoms with van der Waals surface area (Å²) in [4.78, 5) is 4.25. The Labute approximate surface area is 156 Å². The molecule has 0 fully saturated rings. The molecule has 26 heavy (non-hydrogen) atoms. The molecule has 1 aromatic heterocycles. The highest BCUT2D eigenvalue weighted by molar-refractivity contribution is 6.31. The summed E-state index contributed by atoms with van der Waals surface area (Å²) >= 11 is 6.32. The van der Waals surface area contributed by atoms with Gasteiger partial charge in [-0.2, -0.15) is 4.98 Å². The summed E-state index contributed by atoms with van der Waals surface area (Å²) in [5, 5.41) is 7.97. The Morgan fingerprint density at radius 1 is 1.27 bits per heavy atom. The summed E-state index contributed by atoms with van der Waals surface area (Å²) in [5.41, 5.74) is 8.57. The Morgan fingerprint density at radius 2 is 2.04 bits per heavy atom. The summed E-state index contributed by atoms with van der Waals surface area (Å²) < 4.78 is 16.2. The van der Waals surface area contributed by atoms with E-state index in [0.717, 1.165) is 12.0 Å². The monoisotopic (exact) mass is 371 g/mol. The number of nitrogens with one attached hydrogen (secondary N) is 1. The summed E-state index contributed by atoms with van der Waals surface area (Å²) in [6.07, 6.45) is 1.57. The highest BCUT2D eigenvalue weighted by atomic mass is 35.5. The lowest BCUT2D eigenvalue weighted by molar-refractivity contribution is 0.416. The first-order chi connectivity index (χ1) is 12.6. The van der Waals surface area contributed by atoms with Crippen LogP contribution in [-0.4, -0.2) is 14.8 Å². The first kappa shape index (κ1) is 16.8. The highest BCUT2D eigenvalue weighted by Crippen LogP contribution is 2.41. The molecule has 4 rings (SSSR count). The molecule has 0 aliphatic carbocycles. The Kier molecular flexibility index (Phi) is 4.28. The molecule has 2 atom stereocenters. The molecule has 0 radical (unpaired) electrons. The molecular formula is C19H19ClFN5. The van der Waals surface area contributed by atoms with Gasteiger partial charge in [0.2, 0.25) is 11.9 Å². The SMILES string of the molecule is CCc1ccc([C@@H]2C[C@@H](c3c(F)cccc3Cl)n3nc(N)nc3N2)cc1. The first-order valence-electron chi connectivity index (χ1n) is 8.58. The molecule has 5 nitrogen and oxygen atoms in total. The number of aryl methyl sites for hydroxylation is 1. The van der Waals surface area contributed by atoms with Crippen molar-refractivity contribution in [3.8, 4) is 0 Å². The van der Waals surface area contributed by atoms with Crippen molar-refractivity contribution in [2.75, 3.05) is 11.1 Å². The summed E-state index contributed by atoms with van der Waals surface area (Å²) in [6.45, 7) is 2.12. The summed E-state index contributed by atoms with van der Waals surface area (Å²) in [6, 6.07) is 12.7. The van der Waals surface area contributed by atoms with Crippen molar-refractivity contribution in [2.24, 2.45) is 0 Å². The third-order valence-corrected chi connectivity index (χ3v) is 5.16. The number of nitrogen functional groups attached to an aromatic ring is 1. The molecule has 0 saturated carbocycles. The third-order valence-electron chi connectivity index (χ3n) is 4.83. The Hall–Kier alpha value is -2.60. The van der Waals surface area contributed by atoms with Crippen molar-refractivity contribution < 1.29 is 4.39 Å². The van der Waals surface area contributed by atoms with Crippen LogP contribution in [0.2, 0.25) is 5.02 Å². The van der Waals surface area contributed by atoms with Gasteiger partial charge in [0.15, 0.2) is 0 Å². The second-order valence-corrected chi connectivity index (χ2v) is 6.82. The lowest BCUT2D eigenvalue weighted by Crippen LogP contribution is -2.28. The molecule has 0 saturated heterocycles. The Bertz CT molecular complexity index is 917. The predicted molar refractivity (Wildman–Crippen MR) is 101 cm³/mol. The average molecular weight is 372 g/mol. The van der Waals surface area contributed by atoms with Gasteiger partial charge in [0, 0.05) is 10.6 Å². The quantitative estimate of drug-likeness (QED) is 0.717. The number of nitrogens with two attached hydrogens (primary N) is 1. The Morgan fingerprint density at radius 3 is 2.73 bits per heavy atom. The van der Waals surface area contributed by atoms with Crippen molar-refractivity contribution in [3.05, 3.63) is 70.0 Å². The van der Waals surface area contributed by atoms with Crippen LogP contribution in [0.25, 0.3) is 0 Å². The van der Waals surface area contributed by atoms with Crippen LogP contribution < -0.4 is 11.1 Å². The number of benzene rings is 2. The number of rotatable bonds is 3. The number of hydrogen-bond donors (Lipinski definition) is 2. The van der Waals surface area contributed by atoms with Crippen LogP contribution in [0.5, 0.6) is 0 Å². The molecule has 134 valence electrons. The zero-order valence-corrected chi connectivity index (χ0v) is 15.0. The van der Waals surface area contributed by atoms with Gasteiger partial charge in [0.05, 0.1) is 12.1 Å². The number of aromatic nitrogens is 3. The lowest BCUT2D eigenvalue weighted by Gasteiger charge is -2.32. The van der Waals surface area contributed by atoms with E-state index in [0.29, 0.717) is 23.0 Å². The van der Waals surface area contributed by atoms with E-state index in [-0.39, 0.29) is 23.8 Å². The van der Waals surface area contributed by atoms with Gasteiger partial charge in [-0.05, 0) is 36.1 Å². The summed E-state index contributed by atoms with van der Waals surface area (Å²) in [7, 11) is 0. The van der Waals surface area contributed by atoms with Crippen molar-refractivity contribution in [3.63, 3.8) is 0 Å². The van der Waals surface area contributed by atoms with E-state index in [1.165, 1.54) is 11.6 Å². The molecular weight excluding hydrogens is 353 g/mol. The number of nitrogens with zero attached hydrogens (tertiary/aromatic N) is 3. The van der Waals surface area contributed by atoms with E-state index in [4.69, 9.17) is 17.3 Å². The minimum absolute atomic E-state index is 0.0438. The predicted octanol–water partition coefficient (Wildman–Crippen LogP) is 4.36. The van der Waals surface area contributed by atoms with Gasteiger partial charge in [-0.3, -0.25) is 0 Å². The molecule has 3 aromatic rings. The van der Waals surface area contributed by atoms with Crippen LogP contribution in [0.4, 0.5) is 16.3 Å². The minimum Gasteiger partial charge on any atom is -0.366 e. The smallest absolute Gasteiger partial charge is 0.241 e. The molecule has 7 heteroatoms. The van der Waals surface area contributed by atoms with Crippen molar-refractivity contribution in [2.45, 2.75) is 31.8 Å². The maximum Gasteiger partial charge on any atom is 0.241 e. The van der Waals surface area contributed by atoms with E-state index in [9.17, 15) is 4.39 Å². The molecule has 0 spiro atoms. The first-order valence-corrected chi connectivity index (χ1v) is 8.96.